The Bertz CT molecular complexity index is 467. The fraction of sp³-hybridized carbons (Fsp3) is 0.400. The molecular formula is C10H11N3O5. The molecule has 1 aromatic rings. The Morgan fingerprint density at radius 3 is 2.83 bits per heavy atom. The van der Waals surface area contributed by atoms with Crippen molar-refractivity contribution < 1.29 is 19.6 Å². The second kappa shape index (κ2) is 4.57. The lowest BCUT2D eigenvalue weighted by atomic mass is 9.99. The third kappa shape index (κ3) is 2.23. The molecule has 1 unspecified atom stereocenters. The Morgan fingerprint density at radius 1 is 1.61 bits per heavy atom. The molecule has 8 nitrogen and oxygen atoms in total. The Kier molecular flexibility index (Phi) is 3.11. The van der Waals surface area contributed by atoms with Gasteiger partial charge in [0.15, 0.2) is 5.54 Å². The number of aliphatic carboxylic acids is 1. The van der Waals surface area contributed by atoms with Crippen molar-refractivity contribution in [1.82, 2.24) is 4.98 Å². The normalized spacial score (nSPS) is 22.7. The van der Waals surface area contributed by atoms with Gasteiger partial charge in [0.2, 0.25) is 0 Å². The number of anilines is 1. The van der Waals surface area contributed by atoms with E-state index in [0.717, 1.165) is 6.20 Å². The number of carbonyl (C=O) groups is 1. The molecule has 1 fully saturated rings. The second-order valence-corrected chi connectivity index (χ2v) is 3.97. The van der Waals surface area contributed by atoms with E-state index in [0.29, 0.717) is 13.0 Å². The van der Waals surface area contributed by atoms with Gasteiger partial charge in [-0.25, -0.2) is 9.78 Å². The van der Waals surface area contributed by atoms with Gasteiger partial charge in [0.25, 0.3) is 5.69 Å². The van der Waals surface area contributed by atoms with Crippen molar-refractivity contribution in [3.05, 3.63) is 28.4 Å². The van der Waals surface area contributed by atoms with Crippen LogP contribution in [0.5, 0.6) is 0 Å². The largest absolute Gasteiger partial charge is 0.479 e. The molecule has 2 rings (SSSR count). The van der Waals surface area contributed by atoms with E-state index >= 15 is 0 Å². The highest BCUT2D eigenvalue weighted by molar-refractivity contribution is 5.83. The van der Waals surface area contributed by atoms with Crippen molar-refractivity contribution in [2.45, 2.75) is 12.0 Å². The number of nitro groups is 1. The number of ether oxygens (including phenoxy) is 1. The molecule has 1 atom stereocenters. The van der Waals surface area contributed by atoms with Crippen molar-refractivity contribution in [1.29, 1.82) is 0 Å². The molecule has 1 aliphatic rings. The lowest BCUT2D eigenvalue weighted by Gasteiger charge is -2.24. The van der Waals surface area contributed by atoms with E-state index in [9.17, 15) is 20.0 Å². The highest BCUT2D eigenvalue weighted by Gasteiger charge is 2.42. The van der Waals surface area contributed by atoms with Crippen LogP contribution in [-0.4, -0.2) is 39.7 Å². The van der Waals surface area contributed by atoms with Gasteiger partial charge in [-0.3, -0.25) is 10.1 Å². The van der Waals surface area contributed by atoms with Crippen LogP contribution in [0.25, 0.3) is 0 Å². The zero-order valence-corrected chi connectivity index (χ0v) is 9.33. The molecule has 1 aromatic heterocycles. The number of nitrogens with zero attached hydrogens (tertiary/aromatic N) is 2. The average molecular weight is 253 g/mol. The van der Waals surface area contributed by atoms with Gasteiger partial charge in [-0.1, -0.05) is 0 Å². The van der Waals surface area contributed by atoms with Gasteiger partial charge in [-0.15, -0.1) is 0 Å². The number of nitrogens with one attached hydrogen (secondary N) is 1. The number of carboxylic acids is 1. The first kappa shape index (κ1) is 12.2. The average Bonchev–Trinajstić information content (AvgIpc) is 2.79. The summed E-state index contributed by atoms with van der Waals surface area (Å²) in [6, 6.07) is 2.64. The van der Waals surface area contributed by atoms with Gasteiger partial charge in [-0.2, -0.15) is 0 Å². The molecule has 0 aromatic carbocycles. The molecule has 1 aliphatic heterocycles. The first-order valence-electron chi connectivity index (χ1n) is 5.23. The topological polar surface area (TPSA) is 115 Å². The van der Waals surface area contributed by atoms with Gasteiger partial charge in [-0.05, 0) is 6.07 Å². The molecule has 0 amide bonds. The summed E-state index contributed by atoms with van der Waals surface area (Å²) in [5.74, 6) is -0.756. The fourth-order valence-electron chi connectivity index (χ4n) is 1.70. The predicted molar refractivity (Wildman–Crippen MR) is 60.3 cm³/mol. The van der Waals surface area contributed by atoms with E-state index in [2.05, 4.69) is 10.3 Å². The maximum atomic E-state index is 11.2. The van der Waals surface area contributed by atoms with Gasteiger partial charge in [0.05, 0.1) is 11.5 Å². The van der Waals surface area contributed by atoms with Crippen LogP contribution in [0, 0.1) is 10.1 Å². The Labute approximate surface area is 102 Å². The third-order valence-electron chi connectivity index (χ3n) is 2.76. The lowest BCUT2D eigenvalue weighted by molar-refractivity contribution is -0.385. The number of pyridine rings is 1. The molecule has 18 heavy (non-hydrogen) atoms. The Morgan fingerprint density at radius 2 is 2.39 bits per heavy atom. The molecule has 2 heterocycles. The van der Waals surface area contributed by atoms with Gasteiger partial charge < -0.3 is 15.2 Å². The SMILES string of the molecule is O=C(O)C1(Nc2ccc([N+](=O)[O-])cn2)CCOC1. The number of rotatable bonds is 4. The Balaban J connectivity index is 2.17. The summed E-state index contributed by atoms with van der Waals surface area (Å²) >= 11 is 0. The zero-order chi connectivity index (χ0) is 13.2. The molecular weight excluding hydrogens is 242 g/mol. The van der Waals surface area contributed by atoms with Crippen LogP contribution in [0.3, 0.4) is 0 Å². The van der Waals surface area contributed by atoms with E-state index in [4.69, 9.17) is 4.74 Å². The monoisotopic (exact) mass is 253 g/mol. The van der Waals surface area contributed by atoms with Gasteiger partial charge in [0.1, 0.15) is 12.0 Å². The maximum absolute atomic E-state index is 11.2. The minimum atomic E-state index is -1.21. The highest BCUT2D eigenvalue weighted by Crippen LogP contribution is 2.24. The Hall–Kier alpha value is -2.22. The van der Waals surface area contributed by atoms with Crippen molar-refractivity contribution in [3.8, 4) is 0 Å². The quantitative estimate of drug-likeness (QED) is 0.597. The van der Waals surface area contributed by atoms with Crippen molar-refractivity contribution in [2.75, 3.05) is 18.5 Å². The highest BCUT2D eigenvalue weighted by atomic mass is 16.6. The van der Waals surface area contributed by atoms with Crippen LogP contribution in [0.1, 0.15) is 6.42 Å². The number of carboxylic acid groups (broad SMARTS) is 1. The van der Waals surface area contributed by atoms with E-state index in [1.54, 1.807) is 0 Å². The zero-order valence-electron chi connectivity index (χ0n) is 9.33. The van der Waals surface area contributed by atoms with Crippen LogP contribution in [0.15, 0.2) is 18.3 Å². The first-order chi connectivity index (χ1) is 8.53. The summed E-state index contributed by atoms with van der Waals surface area (Å²) in [7, 11) is 0. The van der Waals surface area contributed by atoms with Crippen molar-refractivity contribution in [3.63, 3.8) is 0 Å². The minimum absolute atomic E-state index is 0.0427. The third-order valence-corrected chi connectivity index (χ3v) is 2.76. The first-order valence-corrected chi connectivity index (χ1v) is 5.23. The van der Waals surface area contributed by atoms with Crippen molar-refractivity contribution in [2.24, 2.45) is 0 Å². The number of aromatic nitrogens is 1. The van der Waals surface area contributed by atoms with E-state index < -0.39 is 16.4 Å². The van der Waals surface area contributed by atoms with E-state index in [1.165, 1.54) is 12.1 Å². The maximum Gasteiger partial charge on any atom is 0.331 e. The molecule has 96 valence electrons. The van der Waals surface area contributed by atoms with Crippen LogP contribution in [-0.2, 0) is 9.53 Å². The van der Waals surface area contributed by atoms with Gasteiger partial charge in [0, 0.05) is 19.1 Å². The van der Waals surface area contributed by atoms with Crippen LogP contribution < -0.4 is 5.32 Å². The smallest absolute Gasteiger partial charge is 0.331 e. The summed E-state index contributed by atoms with van der Waals surface area (Å²) < 4.78 is 5.08. The minimum Gasteiger partial charge on any atom is -0.479 e. The van der Waals surface area contributed by atoms with Crippen molar-refractivity contribution >= 4 is 17.5 Å². The molecule has 2 N–H and O–H groups in total. The summed E-state index contributed by atoms with van der Waals surface area (Å²) in [6.07, 6.45) is 1.40. The molecule has 0 saturated carbocycles. The lowest BCUT2D eigenvalue weighted by Crippen LogP contribution is -2.47. The molecule has 8 heteroatoms. The number of hydrogen-bond donors (Lipinski definition) is 2. The van der Waals surface area contributed by atoms with Crippen LogP contribution >= 0.6 is 0 Å². The summed E-state index contributed by atoms with van der Waals surface area (Å²) in [5.41, 5.74) is -1.35. The van der Waals surface area contributed by atoms with E-state index in [1.807, 2.05) is 0 Å². The second-order valence-electron chi connectivity index (χ2n) is 3.97. The summed E-state index contributed by atoms with van der Waals surface area (Å²) in [6.45, 7) is 0.396. The van der Waals surface area contributed by atoms with E-state index in [-0.39, 0.29) is 18.1 Å². The molecule has 0 aliphatic carbocycles. The standard InChI is InChI=1S/C10H11N3O5/c14-9(15)10(3-4-18-6-10)12-8-2-1-7(5-11-8)13(16)17/h1-2,5H,3-4,6H2,(H,11,12)(H,14,15). The molecule has 0 radical (unpaired) electrons. The van der Waals surface area contributed by atoms with Crippen LogP contribution in [0.2, 0.25) is 0 Å². The molecule has 0 bridgehead atoms. The molecule has 1 saturated heterocycles. The predicted octanol–water partition coefficient (Wildman–Crippen LogP) is 0.645. The van der Waals surface area contributed by atoms with Gasteiger partial charge >= 0.3 is 5.97 Å². The summed E-state index contributed by atoms with van der Waals surface area (Å²) in [4.78, 5) is 24.9. The summed E-state index contributed by atoms with van der Waals surface area (Å²) in [5, 5.41) is 22.4. The molecule has 0 spiro atoms. The van der Waals surface area contributed by atoms with Crippen LogP contribution in [0.4, 0.5) is 11.5 Å². The number of hydrogen-bond acceptors (Lipinski definition) is 6. The fourth-order valence-corrected chi connectivity index (χ4v) is 1.70.